The molecule has 0 aliphatic heterocycles. The summed E-state index contributed by atoms with van der Waals surface area (Å²) in [5.74, 6) is 0.935. The van der Waals surface area contributed by atoms with Crippen molar-refractivity contribution in [3.63, 3.8) is 0 Å². The van der Waals surface area contributed by atoms with Gasteiger partial charge in [0.05, 0.1) is 18.8 Å². The number of ether oxygens (including phenoxy) is 1. The topological polar surface area (TPSA) is 83.4 Å². The predicted octanol–water partition coefficient (Wildman–Crippen LogP) is 0.909. The van der Waals surface area contributed by atoms with Gasteiger partial charge in [0.1, 0.15) is 0 Å². The first-order valence-corrected chi connectivity index (χ1v) is 6.42. The molecule has 0 aliphatic rings. The second-order valence-electron chi connectivity index (χ2n) is 4.73. The maximum atomic E-state index is 9.41. The van der Waals surface area contributed by atoms with E-state index < -0.39 is 5.54 Å². The van der Waals surface area contributed by atoms with Gasteiger partial charge in [0.2, 0.25) is 11.9 Å². The van der Waals surface area contributed by atoms with Gasteiger partial charge < -0.3 is 20.1 Å². The van der Waals surface area contributed by atoms with Gasteiger partial charge in [0.15, 0.2) is 0 Å². The molecule has 108 valence electrons. The molecule has 2 N–H and O–H groups in total. The molecule has 0 unspecified atom stereocenters. The maximum Gasteiger partial charge on any atom is 0.323 e. The summed E-state index contributed by atoms with van der Waals surface area (Å²) in [4.78, 5) is 14.5. The van der Waals surface area contributed by atoms with E-state index in [1.54, 1.807) is 4.90 Å². The van der Waals surface area contributed by atoms with E-state index in [1.165, 1.54) is 0 Å². The number of nitrogens with zero attached hydrogens (tertiary/aromatic N) is 4. The molecule has 0 amide bonds. The van der Waals surface area contributed by atoms with Crippen molar-refractivity contribution < 1.29 is 9.84 Å². The molecule has 0 saturated heterocycles. The Labute approximate surface area is 114 Å². The fourth-order valence-corrected chi connectivity index (χ4v) is 1.30. The number of aromatic nitrogens is 3. The van der Waals surface area contributed by atoms with E-state index in [-0.39, 0.29) is 12.6 Å². The Hall–Kier alpha value is -1.63. The predicted molar refractivity (Wildman–Crippen MR) is 74.7 cm³/mol. The number of likely N-dealkylation sites (N-methyl/N-ethyl adjacent to an activating group) is 1. The second kappa shape index (κ2) is 6.51. The van der Waals surface area contributed by atoms with Crippen LogP contribution in [0.1, 0.15) is 27.7 Å². The average Bonchev–Trinajstić information content (AvgIpc) is 2.38. The van der Waals surface area contributed by atoms with Crippen molar-refractivity contribution in [3.8, 4) is 6.01 Å². The maximum absolute atomic E-state index is 9.41. The van der Waals surface area contributed by atoms with Crippen LogP contribution in [0.2, 0.25) is 0 Å². The summed E-state index contributed by atoms with van der Waals surface area (Å²) in [5, 5.41) is 12.5. The Kier molecular flexibility index (Phi) is 5.29. The van der Waals surface area contributed by atoms with Crippen molar-refractivity contribution in [1.82, 2.24) is 15.0 Å². The summed E-state index contributed by atoms with van der Waals surface area (Å²) in [6, 6.07) is 0.282. The zero-order valence-corrected chi connectivity index (χ0v) is 12.3. The molecule has 0 aliphatic carbocycles. The van der Waals surface area contributed by atoms with E-state index in [2.05, 4.69) is 20.3 Å². The minimum atomic E-state index is -0.464. The molecule has 0 aromatic carbocycles. The Morgan fingerprint density at radius 2 is 1.95 bits per heavy atom. The number of hydrogen-bond donors (Lipinski definition) is 2. The summed E-state index contributed by atoms with van der Waals surface area (Å²) < 4.78 is 5.34. The Morgan fingerprint density at radius 1 is 1.26 bits per heavy atom. The summed E-state index contributed by atoms with van der Waals surface area (Å²) in [5.41, 5.74) is -0.464. The van der Waals surface area contributed by atoms with Gasteiger partial charge >= 0.3 is 6.01 Å². The molecule has 0 radical (unpaired) electrons. The smallest absolute Gasteiger partial charge is 0.323 e. The normalized spacial score (nSPS) is 11.3. The van der Waals surface area contributed by atoms with Gasteiger partial charge in [-0.05, 0) is 27.7 Å². The quantitative estimate of drug-likeness (QED) is 0.761. The molecule has 1 rings (SSSR count). The van der Waals surface area contributed by atoms with E-state index in [0.717, 1.165) is 0 Å². The number of aliphatic hydroxyl groups excluding tert-OH is 1. The molecule has 7 heteroatoms. The molecule has 1 heterocycles. The van der Waals surface area contributed by atoms with E-state index in [0.29, 0.717) is 25.0 Å². The molecule has 0 spiro atoms. The first kappa shape index (κ1) is 15.4. The zero-order chi connectivity index (χ0) is 14.5. The standard InChI is InChI=1S/C12H23N5O2/c1-6-13-9-14-10(16-11(15-9)19-7-2)17(5)12(3,4)8-18/h18H,6-8H2,1-5H3,(H,13,14,15,16). The third-order valence-corrected chi connectivity index (χ3v) is 2.81. The van der Waals surface area contributed by atoms with E-state index in [9.17, 15) is 5.11 Å². The van der Waals surface area contributed by atoms with Crippen molar-refractivity contribution in [2.24, 2.45) is 0 Å². The van der Waals surface area contributed by atoms with Crippen LogP contribution >= 0.6 is 0 Å². The minimum absolute atomic E-state index is 0.00428. The van der Waals surface area contributed by atoms with Crippen LogP contribution in [0.15, 0.2) is 0 Å². The zero-order valence-electron chi connectivity index (χ0n) is 12.3. The highest BCUT2D eigenvalue weighted by Crippen LogP contribution is 2.21. The van der Waals surface area contributed by atoms with Crippen LogP contribution in [0, 0.1) is 0 Å². The van der Waals surface area contributed by atoms with Crippen molar-refractivity contribution in [2.45, 2.75) is 33.2 Å². The van der Waals surface area contributed by atoms with E-state index in [1.807, 2.05) is 34.7 Å². The minimum Gasteiger partial charge on any atom is -0.464 e. The van der Waals surface area contributed by atoms with Gasteiger partial charge in [0, 0.05) is 13.6 Å². The van der Waals surface area contributed by atoms with Gasteiger partial charge in [-0.15, -0.1) is 0 Å². The van der Waals surface area contributed by atoms with Crippen LogP contribution in [0.5, 0.6) is 6.01 Å². The third kappa shape index (κ3) is 3.92. The highest BCUT2D eigenvalue weighted by Gasteiger charge is 2.25. The molecular weight excluding hydrogens is 246 g/mol. The molecule has 7 nitrogen and oxygen atoms in total. The Balaban J connectivity index is 3.11. The van der Waals surface area contributed by atoms with Crippen LogP contribution in [0.3, 0.4) is 0 Å². The molecule has 0 saturated carbocycles. The third-order valence-electron chi connectivity index (χ3n) is 2.81. The number of nitrogens with one attached hydrogen (secondary N) is 1. The molecule has 1 aromatic heterocycles. The number of rotatable bonds is 7. The van der Waals surface area contributed by atoms with Gasteiger partial charge in [-0.25, -0.2) is 0 Å². The monoisotopic (exact) mass is 269 g/mol. The van der Waals surface area contributed by atoms with Crippen LogP contribution in [-0.2, 0) is 0 Å². The molecule has 0 atom stereocenters. The number of hydrogen-bond acceptors (Lipinski definition) is 7. The van der Waals surface area contributed by atoms with E-state index in [4.69, 9.17) is 4.74 Å². The lowest BCUT2D eigenvalue weighted by molar-refractivity contribution is 0.214. The Bertz CT molecular complexity index is 387. The van der Waals surface area contributed by atoms with Crippen molar-refractivity contribution in [2.75, 3.05) is 37.0 Å². The van der Waals surface area contributed by atoms with Gasteiger partial charge in [0.25, 0.3) is 0 Å². The number of aliphatic hydroxyl groups is 1. The van der Waals surface area contributed by atoms with Crippen LogP contribution in [0.25, 0.3) is 0 Å². The average molecular weight is 269 g/mol. The lowest BCUT2D eigenvalue weighted by atomic mass is 10.1. The summed E-state index contributed by atoms with van der Waals surface area (Å²) >= 11 is 0. The number of anilines is 2. The second-order valence-corrected chi connectivity index (χ2v) is 4.73. The van der Waals surface area contributed by atoms with Crippen LogP contribution < -0.4 is 15.0 Å². The van der Waals surface area contributed by atoms with Gasteiger partial charge in [-0.2, -0.15) is 15.0 Å². The molecule has 0 bridgehead atoms. The highest BCUT2D eigenvalue weighted by atomic mass is 16.5. The molecular formula is C12H23N5O2. The van der Waals surface area contributed by atoms with Gasteiger partial charge in [-0.3, -0.25) is 0 Å². The van der Waals surface area contributed by atoms with Crippen molar-refractivity contribution in [3.05, 3.63) is 0 Å². The van der Waals surface area contributed by atoms with Crippen LogP contribution in [-0.4, -0.2) is 52.4 Å². The first-order valence-electron chi connectivity index (χ1n) is 6.42. The Morgan fingerprint density at radius 3 is 2.47 bits per heavy atom. The first-order chi connectivity index (χ1) is 8.94. The lowest BCUT2D eigenvalue weighted by Gasteiger charge is -2.33. The van der Waals surface area contributed by atoms with Crippen molar-refractivity contribution in [1.29, 1.82) is 0 Å². The lowest BCUT2D eigenvalue weighted by Crippen LogP contribution is -2.45. The van der Waals surface area contributed by atoms with Crippen molar-refractivity contribution >= 4 is 11.9 Å². The van der Waals surface area contributed by atoms with Crippen LogP contribution in [0.4, 0.5) is 11.9 Å². The molecule has 19 heavy (non-hydrogen) atoms. The highest BCUT2D eigenvalue weighted by molar-refractivity contribution is 5.40. The molecule has 0 fully saturated rings. The van der Waals surface area contributed by atoms with E-state index >= 15 is 0 Å². The summed E-state index contributed by atoms with van der Waals surface area (Å²) in [6.45, 7) is 8.84. The largest absolute Gasteiger partial charge is 0.464 e. The molecule has 1 aromatic rings. The SMILES string of the molecule is CCNc1nc(OCC)nc(N(C)C(C)(C)CO)n1. The van der Waals surface area contributed by atoms with Gasteiger partial charge in [-0.1, -0.05) is 0 Å². The summed E-state index contributed by atoms with van der Waals surface area (Å²) in [6.07, 6.45) is 0. The fraction of sp³-hybridized carbons (Fsp3) is 0.750. The fourth-order valence-electron chi connectivity index (χ4n) is 1.30. The summed E-state index contributed by atoms with van der Waals surface area (Å²) in [7, 11) is 1.83.